The molecule has 0 saturated carbocycles. The number of aldehydes is 1. The molecular weight excluding hydrogens is 175 g/mol. The second-order valence-electron chi connectivity index (χ2n) is 2.35. The quantitative estimate of drug-likeness (QED) is 0.513. The van der Waals surface area contributed by atoms with Crippen molar-refractivity contribution in [2.24, 2.45) is 0 Å². The number of carbonyl (C=O) groups is 2. The van der Waals surface area contributed by atoms with Crippen LogP contribution in [-0.2, 0) is 4.74 Å². The minimum absolute atomic E-state index is 0.0762. The largest absolute Gasteiger partial charge is 0.465 e. The Labute approximate surface area is 74.1 Å². The number of hydrogen-bond donors (Lipinski definition) is 0. The average molecular weight is 182 g/mol. The summed E-state index contributed by atoms with van der Waals surface area (Å²) in [6.45, 7) is 0. The lowest BCUT2D eigenvalue weighted by atomic mass is 10.1. The van der Waals surface area contributed by atoms with Gasteiger partial charge in [-0.25, -0.2) is 9.18 Å². The van der Waals surface area contributed by atoms with Gasteiger partial charge in [-0.3, -0.25) is 4.79 Å². The Morgan fingerprint density at radius 1 is 1.54 bits per heavy atom. The predicted molar refractivity (Wildman–Crippen MR) is 43.1 cm³/mol. The molecule has 1 rings (SSSR count). The van der Waals surface area contributed by atoms with Crippen molar-refractivity contribution in [3.05, 3.63) is 35.1 Å². The molecule has 3 nitrogen and oxygen atoms in total. The molecule has 0 aromatic heterocycles. The van der Waals surface area contributed by atoms with Crippen LogP contribution >= 0.6 is 0 Å². The van der Waals surface area contributed by atoms with Gasteiger partial charge in [-0.05, 0) is 18.2 Å². The number of rotatable bonds is 2. The molecule has 1 aromatic carbocycles. The van der Waals surface area contributed by atoms with Gasteiger partial charge in [-0.1, -0.05) is 0 Å². The Hall–Kier alpha value is -1.71. The van der Waals surface area contributed by atoms with Crippen LogP contribution in [0.3, 0.4) is 0 Å². The molecule has 0 heterocycles. The third-order valence-electron chi connectivity index (χ3n) is 1.55. The standard InChI is InChI=1S/C9H7FO3/c1-13-9(12)6-2-3-7(5-11)8(10)4-6/h2-5H,1H3. The lowest BCUT2D eigenvalue weighted by Crippen LogP contribution is -2.02. The van der Waals surface area contributed by atoms with Gasteiger partial charge in [-0.2, -0.15) is 0 Å². The summed E-state index contributed by atoms with van der Waals surface area (Å²) in [7, 11) is 1.20. The number of benzene rings is 1. The zero-order valence-electron chi connectivity index (χ0n) is 6.91. The third-order valence-corrected chi connectivity index (χ3v) is 1.55. The number of methoxy groups -OCH3 is 1. The molecule has 0 aliphatic rings. The van der Waals surface area contributed by atoms with Crippen molar-refractivity contribution in [1.29, 1.82) is 0 Å². The summed E-state index contributed by atoms with van der Waals surface area (Å²) in [5, 5.41) is 0. The zero-order valence-corrected chi connectivity index (χ0v) is 6.91. The summed E-state index contributed by atoms with van der Waals surface area (Å²) in [5.41, 5.74) is 0.0123. The van der Waals surface area contributed by atoms with Gasteiger partial charge in [0, 0.05) is 0 Å². The van der Waals surface area contributed by atoms with E-state index in [1.807, 2.05) is 0 Å². The summed E-state index contributed by atoms with van der Waals surface area (Å²) in [5.74, 6) is -1.35. The average Bonchev–Trinajstić information content (AvgIpc) is 2.16. The van der Waals surface area contributed by atoms with E-state index in [0.29, 0.717) is 6.29 Å². The van der Waals surface area contributed by atoms with Gasteiger partial charge >= 0.3 is 5.97 Å². The van der Waals surface area contributed by atoms with Crippen LogP contribution in [0.2, 0.25) is 0 Å². The molecule has 68 valence electrons. The van der Waals surface area contributed by atoms with Gasteiger partial charge in [0.1, 0.15) is 5.82 Å². The number of halogens is 1. The highest BCUT2D eigenvalue weighted by atomic mass is 19.1. The van der Waals surface area contributed by atoms with Crippen LogP contribution < -0.4 is 0 Å². The predicted octanol–water partition coefficient (Wildman–Crippen LogP) is 1.42. The summed E-state index contributed by atoms with van der Waals surface area (Å²) >= 11 is 0. The maximum Gasteiger partial charge on any atom is 0.337 e. The summed E-state index contributed by atoms with van der Waals surface area (Å²) in [4.78, 5) is 21.1. The molecule has 0 fully saturated rings. The van der Waals surface area contributed by atoms with Crippen molar-refractivity contribution in [2.45, 2.75) is 0 Å². The molecule has 0 aliphatic heterocycles. The Kier molecular flexibility index (Phi) is 2.74. The minimum atomic E-state index is -0.724. The first kappa shape index (κ1) is 9.38. The van der Waals surface area contributed by atoms with Crippen LogP contribution in [0.5, 0.6) is 0 Å². The second-order valence-corrected chi connectivity index (χ2v) is 2.35. The fraction of sp³-hybridized carbons (Fsp3) is 0.111. The molecule has 1 aromatic rings. The van der Waals surface area contributed by atoms with E-state index in [9.17, 15) is 14.0 Å². The normalized spacial score (nSPS) is 9.38. The highest BCUT2D eigenvalue weighted by Crippen LogP contribution is 2.09. The fourth-order valence-corrected chi connectivity index (χ4v) is 0.868. The maximum absolute atomic E-state index is 12.9. The highest BCUT2D eigenvalue weighted by molar-refractivity contribution is 5.90. The molecule has 0 saturated heterocycles. The molecule has 0 unspecified atom stereocenters. The minimum Gasteiger partial charge on any atom is -0.465 e. The van der Waals surface area contributed by atoms with Crippen molar-refractivity contribution in [2.75, 3.05) is 7.11 Å². The number of carbonyl (C=O) groups excluding carboxylic acids is 2. The smallest absolute Gasteiger partial charge is 0.337 e. The van der Waals surface area contributed by atoms with Crippen molar-refractivity contribution in [3.8, 4) is 0 Å². The van der Waals surface area contributed by atoms with E-state index >= 15 is 0 Å². The number of ether oxygens (including phenoxy) is 1. The Morgan fingerprint density at radius 3 is 2.69 bits per heavy atom. The van der Waals surface area contributed by atoms with E-state index < -0.39 is 11.8 Å². The number of hydrogen-bond acceptors (Lipinski definition) is 3. The lowest BCUT2D eigenvalue weighted by Gasteiger charge is -1.99. The molecule has 0 spiro atoms. The van der Waals surface area contributed by atoms with E-state index in [1.54, 1.807) is 0 Å². The first-order valence-corrected chi connectivity index (χ1v) is 3.52. The van der Waals surface area contributed by atoms with E-state index in [1.165, 1.54) is 19.2 Å². The Bertz CT molecular complexity index is 347. The second kappa shape index (κ2) is 3.80. The molecule has 4 heteroatoms. The molecule has 0 atom stereocenters. The molecule has 0 aliphatic carbocycles. The van der Waals surface area contributed by atoms with Gasteiger partial charge in [-0.15, -0.1) is 0 Å². The van der Waals surface area contributed by atoms with Crippen LogP contribution in [0.15, 0.2) is 18.2 Å². The van der Waals surface area contributed by atoms with Gasteiger partial charge in [0.15, 0.2) is 6.29 Å². The summed E-state index contributed by atoms with van der Waals surface area (Å²) < 4.78 is 17.3. The molecule has 0 N–H and O–H groups in total. The van der Waals surface area contributed by atoms with Crippen LogP contribution in [-0.4, -0.2) is 19.4 Å². The highest BCUT2D eigenvalue weighted by Gasteiger charge is 2.08. The van der Waals surface area contributed by atoms with E-state index in [4.69, 9.17) is 0 Å². The van der Waals surface area contributed by atoms with E-state index in [-0.39, 0.29) is 11.1 Å². The van der Waals surface area contributed by atoms with E-state index in [2.05, 4.69) is 4.74 Å². The van der Waals surface area contributed by atoms with Gasteiger partial charge in [0.05, 0.1) is 18.2 Å². The monoisotopic (exact) mass is 182 g/mol. The van der Waals surface area contributed by atoms with Crippen molar-refractivity contribution < 1.29 is 18.7 Å². The summed E-state index contributed by atoms with van der Waals surface area (Å²) in [6.07, 6.45) is 0.385. The fourth-order valence-electron chi connectivity index (χ4n) is 0.868. The van der Waals surface area contributed by atoms with Crippen molar-refractivity contribution >= 4 is 12.3 Å². The van der Waals surface area contributed by atoms with Crippen LogP contribution in [0.25, 0.3) is 0 Å². The van der Waals surface area contributed by atoms with Crippen molar-refractivity contribution in [3.63, 3.8) is 0 Å². The molecule has 0 bridgehead atoms. The molecule has 0 amide bonds. The van der Waals surface area contributed by atoms with Crippen LogP contribution in [0.4, 0.5) is 4.39 Å². The molecule has 13 heavy (non-hydrogen) atoms. The lowest BCUT2D eigenvalue weighted by molar-refractivity contribution is 0.0600. The summed E-state index contributed by atoms with van der Waals surface area (Å²) in [6, 6.07) is 3.53. The van der Waals surface area contributed by atoms with Crippen molar-refractivity contribution in [1.82, 2.24) is 0 Å². The zero-order chi connectivity index (χ0) is 9.84. The first-order valence-electron chi connectivity index (χ1n) is 3.52. The first-order chi connectivity index (χ1) is 6.19. The SMILES string of the molecule is COC(=O)c1ccc(C=O)c(F)c1. The van der Waals surface area contributed by atoms with E-state index in [0.717, 1.165) is 6.07 Å². The van der Waals surface area contributed by atoms with Crippen LogP contribution in [0.1, 0.15) is 20.7 Å². The Balaban J connectivity index is 3.09. The maximum atomic E-state index is 12.9. The Morgan fingerprint density at radius 2 is 2.23 bits per heavy atom. The molecule has 0 radical (unpaired) electrons. The van der Waals surface area contributed by atoms with Gasteiger partial charge in [0.2, 0.25) is 0 Å². The van der Waals surface area contributed by atoms with Gasteiger partial charge in [0.25, 0.3) is 0 Å². The topological polar surface area (TPSA) is 43.4 Å². The van der Waals surface area contributed by atoms with Gasteiger partial charge < -0.3 is 4.74 Å². The van der Waals surface area contributed by atoms with Crippen LogP contribution in [0, 0.1) is 5.82 Å². The third kappa shape index (κ3) is 1.90. The molecular formula is C9H7FO3. The number of esters is 1.